The summed E-state index contributed by atoms with van der Waals surface area (Å²) in [5.41, 5.74) is 1.61. The van der Waals surface area contributed by atoms with Gasteiger partial charge in [0.15, 0.2) is 8.68 Å². The number of hydrogen-bond acceptors (Lipinski definition) is 6. The summed E-state index contributed by atoms with van der Waals surface area (Å²) >= 11 is 10.8. The summed E-state index contributed by atoms with van der Waals surface area (Å²) in [6.45, 7) is 5.93. The van der Waals surface area contributed by atoms with Crippen molar-refractivity contribution in [1.29, 1.82) is 0 Å². The molecule has 0 aliphatic rings. The number of unbranched alkanes of at least 4 members (excludes halogenated alkanes) is 1. The molecule has 0 saturated carbocycles. The lowest BCUT2D eigenvalue weighted by Gasteiger charge is -2.12. The first-order valence-electron chi connectivity index (χ1n) is 7.70. The van der Waals surface area contributed by atoms with Crippen LogP contribution in [0.1, 0.15) is 32.3 Å². The van der Waals surface area contributed by atoms with Crippen LogP contribution >= 0.6 is 46.5 Å². The van der Waals surface area contributed by atoms with E-state index in [0.29, 0.717) is 5.02 Å². The van der Waals surface area contributed by atoms with Gasteiger partial charge in [-0.25, -0.2) is 0 Å². The predicted octanol–water partition coefficient (Wildman–Crippen LogP) is 5.51. The zero-order chi connectivity index (χ0) is 17.5. The van der Waals surface area contributed by atoms with Gasteiger partial charge in [0.2, 0.25) is 5.91 Å². The largest absolute Gasteiger partial charge is 0.325 e. The zero-order valence-electron chi connectivity index (χ0n) is 13.8. The number of aromatic nitrogens is 2. The van der Waals surface area contributed by atoms with E-state index in [1.165, 1.54) is 24.6 Å². The van der Waals surface area contributed by atoms with E-state index in [-0.39, 0.29) is 11.2 Å². The Morgan fingerprint density at radius 1 is 1.38 bits per heavy atom. The fourth-order valence-corrected chi connectivity index (χ4v) is 5.28. The summed E-state index contributed by atoms with van der Waals surface area (Å²) in [5.74, 6) is 0.987. The lowest BCUT2D eigenvalue weighted by Crippen LogP contribution is -2.22. The molecule has 1 aromatic carbocycles. The summed E-state index contributed by atoms with van der Waals surface area (Å²) in [5, 5.41) is 11.6. The van der Waals surface area contributed by atoms with Crippen molar-refractivity contribution in [1.82, 2.24) is 10.2 Å². The minimum atomic E-state index is -0.259. The first-order chi connectivity index (χ1) is 11.5. The fraction of sp³-hybridized carbons (Fsp3) is 0.438. The van der Waals surface area contributed by atoms with E-state index < -0.39 is 0 Å². The Hall–Kier alpha value is -0.760. The highest BCUT2D eigenvalue weighted by Crippen LogP contribution is 2.32. The lowest BCUT2D eigenvalue weighted by molar-refractivity contribution is -0.115. The molecule has 0 spiro atoms. The Bertz CT molecular complexity index is 693. The molecule has 1 heterocycles. The van der Waals surface area contributed by atoms with Gasteiger partial charge < -0.3 is 5.32 Å². The number of benzene rings is 1. The summed E-state index contributed by atoms with van der Waals surface area (Å²) < 4.78 is 1.78. The third kappa shape index (κ3) is 5.65. The molecule has 2 aromatic rings. The molecule has 1 aromatic heterocycles. The van der Waals surface area contributed by atoms with E-state index >= 15 is 0 Å². The number of halogens is 1. The molecule has 24 heavy (non-hydrogen) atoms. The van der Waals surface area contributed by atoms with Gasteiger partial charge in [-0.05, 0) is 38.0 Å². The normalized spacial score (nSPS) is 12.2. The number of nitrogens with zero attached hydrogens (tertiary/aromatic N) is 2. The van der Waals surface area contributed by atoms with Gasteiger partial charge >= 0.3 is 0 Å². The maximum absolute atomic E-state index is 12.4. The SMILES string of the molecule is CCCCSc1nnc(S[C@H](C)C(=O)Nc2cccc(Cl)c2C)s1. The van der Waals surface area contributed by atoms with Crippen molar-refractivity contribution in [2.24, 2.45) is 0 Å². The Morgan fingerprint density at radius 3 is 2.88 bits per heavy atom. The van der Waals surface area contributed by atoms with Crippen LogP contribution in [-0.4, -0.2) is 27.1 Å². The highest BCUT2D eigenvalue weighted by atomic mass is 35.5. The monoisotopic (exact) mass is 401 g/mol. The lowest BCUT2D eigenvalue weighted by atomic mass is 10.2. The Kier molecular flexibility index (Phi) is 7.87. The zero-order valence-corrected chi connectivity index (χ0v) is 17.0. The van der Waals surface area contributed by atoms with Crippen molar-refractivity contribution < 1.29 is 4.79 Å². The highest BCUT2D eigenvalue weighted by molar-refractivity contribution is 8.03. The molecular formula is C16H20ClN3OS3. The number of rotatable bonds is 8. The van der Waals surface area contributed by atoms with Crippen LogP contribution in [0.15, 0.2) is 26.9 Å². The highest BCUT2D eigenvalue weighted by Gasteiger charge is 2.18. The van der Waals surface area contributed by atoms with E-state index in [1.54, 1.807) is 23.1 Å². The van der Waals surface area contributed by atoms with Gasteiger partial charge in [0, 0.05) is 16.5 Å². The molecule has 0 aliphatic carbocycles. The first kappa shape index (κ1) is 19.6. The van der Waals surface area contributed by atoms with E-state index in [1.807, 2.05) is 32.0 Å². The summed E-state index contributed by atoms with van der Waals surface area (Å²) in [6, 6.07) is 5.49. The molecular weight excluding hydrogens is 382 g/mol. The van der Waals surface area contributed by atoms with E-state index in [9.17, 15) is 4.79 Å². The van der Waals surface area contributed by atoms with Crippen LogP contribution < -0.4 is 5.32 Å². The molecule has 2 rings (SSSR count). The van der Waals surface area contributed by atoms with Crippen LogP contribution in [-0.2, 0) is 4.79 Å². The van der Waals surface area contributed by atoms with Crippen LogP contribution in [0.25, 0.3) is 0 Å². The van der Waals surface area contributed by atoms with Crippen molar-refractivity contribution in [3.63, 3.8) is 0 Å². The molecule has 4 nitrogen and oxygen atoms in total. The van der Waals surface area contributed by atoms with Crippen molar-refractivity contribution in [2.45, 2.75) is 47.5 Å². The Balaban J connectivity index is 1.90. The van der Waals surface area contributed by atoms with Crippen LogP contribution in [0.2, 0.25) is 5.02 Å². The number of anilines is 1. The second-order valence-electron chi connectivity index (χ2n) is 5.20. The van der Waals surface area contributed by atoms with Crippen LogP contribution in [0, 0.1) is 6.92 Å². The fourth-order valence-electron chi connectivity index (χ4n) is 1.79. The maximum Gasteiger partial charge on any atom is 0.237 e. The number of thioether (sulfide) groups is 2. The average molecular weight is 402 g/mol. The molecule has 1 N–H and O–H groups in total. The quantitative estimate of drug-likeness (QED) is 0.466. The smallest absolute Gasteiger partial charge is 0.237 e. The third-order valence-electron chi connectivity index (χ3n) is 3.28. The predicted molar refractivity (Wildman–Crippen MR) is 106 cm³/mol. The Labute approximate surface area is 160 Å². The van der Waals surface area contributed by atoms with E-state index in [0.717, 1.165) is 25.7 Å². The van der Waals surface area contributed by atoms with Crippen LogP contribution in [0.3, 0.4) is 0 Å². The second kappa shape index (κ2) is 9.65. The minimum Gasteiger partial charge on any atom is -0.325 e. The van der Waals surface area contributed by atoms with Crippen molar-refractivity contribution >= 4 is 58.1 Å². The van der Waals surface area contributed by atoms with Gasteiger partial charge in [0.1, 0.15) is 0 Å². The minimum absolute atomic E-state index is 0.0687. The molecule has 1 atom stereocenters. The van der Waals surface area contributed by atoms with Crippen molar-refractivity contribution in [2.75, 3.05) is 11.1 Å². The molecule has 0 aliphatic heterocycles. The van der Waals surface area contributed by atoms with E-state index in [2.05, 4.69) is 22.4 Å². The van der Waals surface area contributed by atoms with Gasteiger partial charge in [0.05, 0.1) is 5.25 Å². The topological polar surface area (TPSA) is 54.9 Å². The molecule has 0 radical (unpaired) electrons. The number of carbonyl (C=O) groups is 1. The Morgan fingerprint density at radius 2 is 2.12 bits per heavy atom. The van der Waals surface area contributed by atoms with Crippen molar-refractivity contribution in [3.05, 3.63) is 28.8 Å². The molecule has 0 fully saturated rings. The molecule has 0 bridgehead atoms. The first-order valence-corrected chi connectivity index (χ1v) is 10.8. The van der Waals surface area contributed by atoms with Gasteiger partial charge in [-0.2, -0.15) is 0 Å². The van der Waals surface area contributed by atoms with Crippen LogP contribution in [0.5, 0.6) is 0 Å². The average Bonchev–Trinajstić information content (AvgIpc) is 2.99. The van der Waals surface area contributed by atoms with Gasteiger partial charge in [-0.1, -0.05) is 65.9 Å². The van der Waals surface area contributed by atoms with Crippen LogP contribution in [0.4, 0.5) is 5.69 Å². The molecule has 130 valence electrons. The van der Waals surface area contributed by atoms with Gasteiger partial charge in [0.25, 0.3) is 0 Å². The second-order valence-corrected chi connectivity index (χ2v) is 9.51. The third-order valence-corrected chi connectivity index (χ3v) is 7.02. The number of hydrogen-bond donors (Lipinski definition) is 1. The summed E-state index contributed by atoms with van der Waals surface area (Å²) in [6.07, 6.45) is 2.35. The molecule has 0 saturated heterocycles. The van der Waals surface area contributed by atoms with E-state index in [4.69, 9.17) is 11.6 Å². The molecule has 8 heteroatoms. The number of amides is 1. The van der Waals surface area contributed by atoms with Gasteiger partial charge in [-0.15, -0.1) is 10.2 Å². The molecule has 1 amide bonds. The van der Waals surface area contributed by atoms with Gasteiger partial charge in [-0.3, -0.25) is 4.79 Å². The standard InChI is InChI=1S/C16H20ClN3OS3/c1-4-5-9-22-15-19-20-16(24-15)23-11(3)14(21)18-13-8-6-7-12(17)10(13)2/h6-8,11H,4-5,9H2,1-3H3,(H,18,21)/t11-/m1/s1. The maximum atomic E-state index is 12.4. The number of carbonyl (C=O) groups excluding carboxylic acids is 1. The van der Waals surface area contributed by atoms with Crippen molar-refractivity contribution in [3.8, 4) is 0 Å². The number of nitrogens with one attached hydrogen (secondary N) is 1. The molecule has 0 unspecified atom stereocenters. The summed E-state index contributed by atoms with van der Waals surface area (Å²) in [7, 11) is 0. The summed E-state index contributed by atoms with van der Waals surface area (Å²) in [4.78, 5) is 12.4.